The number of benzene rings is 2. The molecule has 31 heavy (non-hydrogen) atoms. The second kappa shape index (κ2) is 8.62. The molecule has 3 aromatic rings. The van der Waals surface area contributed by atoms with Crippen molar-refractivity contribution in [3.05, 3.63) is 94.8 Å². The summed E-state index contributed by atoms with van der Waals surface area (Å²) >= 11 is 5.95. The molecule has 156 valence electrons. The Morgan fingerprint density at radius 2 is 1.81 bits per heavy atom. The van der Waals surface area contributed by atoms with Crippen LogP contribution < -0.4 is 9.64 Å². The summed E-state index contributed by atoms with van der Waals surface area (Å²) in [6, 6.07) is 16.1. The van der Waals surface area contributed by atoms with Crippen molar-refractivity contribution in [1.29, 1.82) is 0 Å². The molecule has 2 aromatic carbocycles. The molecule has 6 nitrogen and oxygen atoms in total. The van der Waals surface area contributed by atoms with Gasteiger partial charge in [0, 0.05) is 16.8 Å². The number of halogens is 1. The molecule has 1 fully saturated rings. The summed E-state index contributed by atoms with van der Waals surface area (Å²) in [5, 5.41) is 11.5. The molecule has 0 spiro atoms. The number of anilines is 1. The molecule has 7 heteroatoms. The van der Waals surface area contributed by atoms with E-state index in [-0.39, 0.29) is 11.3 Å². The zero-order valence-corrected chi connectivity index (χ0v) is 17.4. The quantitative estimate of drug-likeness (QED) is 0.356. The Kier molecular flexibility index (Phi) is 5.73. The van der Waals surface area contributed by atoms with Gasteiger partial charge < -0.3 is 9.84 Å². The average Bonchev–Trinajstić information content (AvgIpc) is 3.06. The van der Waals surface area contributed by atoms with Crippen LogP contribution in [-0.4, -0.2) is 28.4 Å². The number of aromatic nitrogens is 1. The number of carbonyl (C=O) groups is 2. The number of ketones is 1. The first-order valence-electron chi connectivity index (χ1n) is 9.71. The average molecular weight is 435 g/mol. The third-order valence-corrected chi connectivity index (χ3v) is 5.24. The van der Waals surface area contributed by atoms with Crippen molar-refractivity contribution in [2.45, 2.75) is 13.0 Å². The number of pyridine rings is 1. The van der Waals surface area contributed by atoms with E-state index < -0.39 is 17.7 Å². The van der Waals surface area contributed by atoms with Crippen molar-refractivity contribution in [1.82, 2.24) is 4.98 Å². The Labute approximate surface area is 184 Å². The van der Waals surface area contributed by atoms with Crippen molar-refractivity contribution in [2.24, 2.45) is 0 Å². The van der Waals surface area contributed by atoms with Gasteiger partial charge in [-0.15, -0.1) is 0 Å². The molecule has 0 saturated carbocycles. The Morgan fingerprint density at radius 3 is 2.42 bits per heavy atom. The maximum atomic E-state index is 13.0. The van der Waals surface area contributed by atoms with Crippen molar-refractivity contribution in [3.63, 3.8) is 0 Å². The van der Waals surface area contributed by atoms with Crippen LogP contribution in [0.2, 0.25) is 5.02 Å². The highest BCUT2D eigenvalue weighted by atomic mass is 35.5. The molecule has 4 rings (SSSR count). The lowest BCUT2D eigenvalue weighted by Gasteiger charge is -2.25. The van der Waals surface area contributed by atoms with E-state index >= 15 is 0 Å². The number of nitrogens with zero attached hydrogens (tertiary/aromatic N) is 2. The maximum Gasteiger partial charge on any atom is 0.300 e. The normalized spacial score (nSPS) is 17.7. The van der Waals surface area contributed by atoms with Crippen LogP contribution in [0.5, 0.6) is 5.75 Å². The second-order valence-electron chi connectivity index (χ2n) is 6.89. The van der Waals surface area contributed by atoms with Crippen LogP contribution in [0.1, 0.15) is 24.1 Å². The molecule has 1 aromatic heterocycles. The zero-order valence-electron chi connectivity index (χ0n) is 16.7. The summed E-state index contributed by atoms with van der Waals surface area (Å²) < 4.78 is 5.50. The SMILES string of the molecule is CCOc1ccc(C2C(=C(O)c3ccc(Cl)cc3)C(=O)C(=O)N2c2cccnc2)cc1. The van der Waals surface area contributed by atoms with E-state index in [0.29, 0.717) is 34.2 Å². The van der Waals surface area contributed by atoms with Crippen LogP contribution in [-0.2, 0) is 9.59 Å². The van der Waals surface area contributed by atoms with Crippen LogP contribution in [0.3, 0.4) is 0 Å². The van der Waals surface area contributed by atoms with E-state index in [9.17, 15) is 14.7 Å². The van der Waals surface area contributed by atoms with Crippen molar-refractivity contribution in [3.8, 4) is 5.75 Å². The minimum Gasteiger partial charge on any atom is -0.507 e. The zero-order chi connectivity index (χ0) is 22.0. The van der Waals surface area contributed by atoms with E-state index in [1.165, 1.54) is 11.1 Å². The van der Waals surface area contributed by atoms with Crippen LogP contribution >= 0.6 is 11.6 Å². The lowest BCUT2D eigenvalue weighted by molar-refractivity contribution is -0.132. The number of hydrogen-bond donors (Lipinski definition) is 1. The molecule has 1 saturated heterocycles. The summed E-state index contributed by atoms with van der Waals surface area (Å²) in [5.74, 6) is -1.10. The van der Waals surface area contributed by atoms with E-state index in [1.807, 2.05) is 6.92 Å². The fraction of sp³-hybridized carbons (Fsp3) is 0.125. The molecule has 1 atom stereocenters. The molecule has 2 heterocycles. The topological polar surface area (TPSA) is 79.7 Å². The number of hydrogen-bond acceptors (Lipinski definition) is 5. The van der Waals surface area contributed by atoms with Gasteiger partial charge in [-0.2, -0.15) is 0 Å². The fourth-order valence-electron chi connectivity index (χ4n) is 3.59. The van der Waals surface area contributed by atoms with Gasteiger partial charge >= 0.3 is 0 Å². The summed E-state index contributed by atoms with van der Waals surface area (Å²) in [6.07, 6.45) is 3.09. The predicted molar refractivity (Wildman–Crippen MR) is 118 cm³/mol. The van der Waals surface area contributed by atoms with E-state index in [1.54, 1.807) is 66.9 Å². The Morgan fingerprint density at radius 1 is 1.10 bits per heavy atom. The predicted octanol–water partition coefficient (Wildman–Crippen LogP) is 4.76. The smallest absolute Gasteiger partial charge is 0.300 e. The van der Waals surface area contributed by atoms with Gasteiger partial charge in [-0.25, -0.2) is 0 Å². The monoisotopic (exact) mass is 434 g/mol. The standard InChI is InChI=1S/C24H19ClN2O4/c1-2-31-19-11-7-15(8-12-19)21-20(22(28)16-5-9-17(25)10-6-16)23(29)24(30)27(21)18-4-3-13-26-14-18/h3-14,21,28H,2H2,1H3. The van der Waals surface area contributed by atoms with Crippen LogP contribution in [0.4, 0.5) is 5.69 Å². The summed E-state index contributed by atoms with van der Waals surface area (Å²) in [6.45, 7) is 2.40. The van der Waals surface area contributed by atoms with Crippen molar-refractivity contribution >= 4 is 34.7 Å². The molecule has 0 bridgehead atoms. The van der Waals surface area contributed by atoms with Gasteiger partial charge in [-0.05, 0) is 61.0 Å². The van der Waals surface area contributed by atoms with Crippen molar-refractivity contribution < 1.29 is 19.4 Å². The molecular weight excluding hydrogens is 416 g/mol. The van der Waals surface area contributed by atoms with E-state index in [2.05, 4.69) is 4.98 Å². The molecule has 1 aliphatic rings. The van der Waals surface area contributed by atoms with Gasteiger partial charge in [0.2, 0.25) is 0 Å². The molecule has 0 aliphatic carbocycles. The molecule has 0 radical (unpaired) electrons. The van der Waals surface area contributed by atoms with Crippen LogP contribution in [0.25, 0.3) is 5.76 Å². The Bertz CT molecular complexity index is 1140. The minimum atomic E-state index is -0.824. The molecular formula is C24H19ClN2O4. The van der Waals surface area contributed by atoms with Gasteiger partial charge in [0.05, 0.1) is 30.1 Å². The second-order valence-corrected chi connectivity index (χ2v) is 7.33. The first-order valence-corrected chi connectivity index (χ1v) is 10.1. The maximum absolute atomic E-state index is 13.0. The summed E-state index contributed by atoms with van der Waals surface area (Å²) in [7, 11) is 0. The van der Waals surface area contributed by atoms with Gasteiger partial charge in [-0.1, -0.05) is 23.7 Å². The summed E-state index contributed by atoms with van der Waals surface area (Å²) in [5.41, 5.74) is 1.51. The number of Topliss-reactive ketones (excluding diaryl/α,β-unsaturated/α-hetero) is 1. The largest absolute Gasteiger partial charge is 0.507 e. The summed E-state index contributed by atoms with van der Waals surface area (Å²) in [4.78, 5) is 31.5. The Hall–Kier alpha value is -3.64. The number of carbonyl (C=O) groups excluding carboxylic acids is 2. The number of ether oxygens (including phenoxy) is 1. The highest BCUT2D eigenvalue weighted by Crippen LogP contribution is 2.42. The molecule has 1 unspecified atom stereocenters. The molecule has 1 N–H and O–H groups in total. The number of rotatable bonds is 5. The van der Waals surface area contributed by atoms with Crippen molar-refractivity contribution in [2.75, 3.05) is 11.5 Å². The molecule has 1 amide bonds. The van der Waals surface area contributed by atoms with Gasteiger partial charge in [0.25, 0.3) is 11.7 Å². The van der Waals surface area contributed by atoms with Gasteiger partial charge in [-0.3, -0.25) is 19.5 Å². The minimum absolute atomic E-state index is 0.000311. The number of aliphatic hydroxyl groups excluding tert-OH is 1. The third-order valence-electron chi connectivity index (χ3n) is 4.99. The number of amides is 1. The van der Waals surface area contributed by atoms with E-state index in [0.717, 1.165) is 0 Å². The highest BCUT2D eigenvalue weighted by Gasteiger charge is 2.47. The third kappa shape index (κ3) is 3.90. The van der Waals surface area contributed by atoms with E-state index in [4.69, 9.17) is 16.3 Å². The lowest BCUT2D eigenvalue weighted by atomic mass is 9.95. The first kappa shape index (κ1) is 20.6. The first-order chi connectivity index (χ1) is 15.0. The van der Waals surface area contributed by atoms with Crippen LogP contribution in [0.15, 0.2) is 78.6 Å². The number of aliphatic hydroxyl groups is 1. The fourth-order valence-corrected chi connectivity index (χ4v) is 3.71. The molecule has 1 aliphatic heterocycles. The van der Waals surface area contributed by atoms with Crippen LogP contribution in [0, 0.1) is 0 Å². The Balaban J connectivity index is 1.89. The highest BCUT2D eigenvalue weighted by molar-refractivity contribution is 6.51. The van der Waals surface area contributed by atoms with Gasteiger partial charge in [0.1, 0.15) is 11.5 Å². The van der Waals surface area contributed by atoms with Gasteiger partial charge in [0.15, 0.2) is 0 Å². The lowest BCUT2D eigenvalue weighted by Crippen LogP contribution is -2.29.